The van der Waals surface area contributed by atoms with E-state index in [0.717, 1.165) is 49.8 Å². The second kappa shape index (κ2) is 8.67. The molecule has 1 aliphatic rings. The molecule has 134 valence electrons. The van der Waals surface area contributed by atoms with E-state index in [9.17, 15) is 0 Å². The Morgan fingerprint density at radius 2 is 2.12 bits per heavy atom. The first-order chi connectivity index (χ1) is 12.2. The zero-order chi connectivity index (χ0) is 17.5. The number of nitrogens with zero attached hydrogens (tertiary/aromatic N) is 2. The fourth-order valence-electron chi connectivity index (χ4n) is 2.73. The Hall–Kier alpha value is -2.34. The number of nitrogens with one attached hydrogen (secondary N) is 2. The fraction of sp³-hybridized carbons (Fsp3) is 0.474. The topological polar surface area (TPSA) is 71.7 Å². The molecule has 1 aliphatic heterocycles. The van der Waals surface area contributed by atoms with Crippen LogP contribution < -0.4 is 10.6 Å². The van der Waals surface area contributed by atoms with Crippen LogP contribution in [-0.2, 0) is 11.3 Å². The number of hydrogen-bond acceptors (Lipinski definition) is 4. The summed E-state index contributed by atoms with van der Waals surface area (Å²) in [6.07, 6.45) is 4.20. The largest absolute Gasteiger partial charge is 0.444 e. The molecule has 2 N–H and O–H groups in total. The molecule has 1 aromatic carbocycles. The van der Waals surface area contributed by atoms with Crippen LogP contribution in [0.1, 0.15) is 31.0 Å². The van der Waals surface area contributed by atoms with Gasteiger partial charge in [0, 0.05) is 25.3 Å². The Balaban J connectivity index is 1.59. The minimum Gasteiger partial charge on any atom is -0.444 e. The van der Waals surface area contributed by atoms with E-state index in [2.05, 4.69) is 46.6 Å². The van der Waals surface area contributed by atoms with Crippen molar-refractivity contribution in [2.24, 2.45) is 4.99 Å². The van der Waals surface area contributed by atoms with Crippen molar-refractivity contribution < 1.29 is 9.15 Å². The van der Waals surface area contributed by atoms with Gasteiger partial charge in [0.05, 0.1) is 12.6 Å². The molecule has 6 heteroatoms. The first-order valence-corrected chi connectivity index (χ1v) is 8.90. The lowest BCUT2D eigenvalue weighted by molar-refractivity contribution is 0.114. The summed E-state index contributed by atoms with van der Waals surface area (Å²) in [7, 11) is 0. The van der Waals surface area contributed by atoms with E-state index in [-0.39, 0.29) is 6.10 Å². The summed E-state index contributed by atoms with van der Waals surface area (Å²) in [5, 5.41) is 6.58. The summed E-state index contributed by atoms with van der Waals surface area (Å²) in [6.45, 7) is 7.03. The maximum Gasteiger partial charge on any atom is 0.226 e. The number of hydrogen-bond donors (Lipinski definition) is 2. The highest BCUT2D eigenvalue weighted by Gasteiger charge is 2.15. The number of ether oxygens (including phenoxy) is 1. The molecular formula is C19H26N4O2. The van der Waals surface area contributed by atoms with Crippen LogP contribution >= 0.6 is 0 Å². The van der Waals surface area contributed by atoms with Gasteiger partial charge in [-0.1, -0.05) is 17.7 Å². The number of guanidine groups is 1. The molecule has 0 bridgehead atoms. The number of aryl methyl sites for hydroxylation is 1. The fourth-order valence-corrected chi connectivity index (χ4v) is 2.73. The first kappa shape index (κ1) is 17.5. The molecular weight excluding hydrogens is 316 g/mol. The predicted octanol–water partition coefficient (Wildman–Crippen LogP) is 2.88. The Labute approximate surface area is 148 Å². The van der Waals surface area contributed by atoms with Gasteiger partial charge in [-0.3, -0.25) is 0 Å². The van der Waals surface area contributed by atoms with Crippen molar-refractivity contribution in [2.45, 2.75) is 39.3 Å². The average molecular weight is 342 g/mol. The maximum absolute atomic E-state index is 5.63. The minimum atomic E-state index is 0.282. The van der Waals surface area contributed by atoms with E-state index in [0.29, 0.717) is 12.4 Å². The van der Waals surface area contributed by atoms with Crippen molar-refractivity contribution in [3.63, 3.8) is 0 Å². The summed E-state index contributed by atoms with van der Waals surface area (Å²) in [4.78, 5) is 9.11. The summed E-state index contributed by atoms with van der Waals surface area (Å²) in [6, 6.07) is 8.13. The van der Waals surface area contributed by atoms with Crippen LogP contribution in [-0.4, -0.2) is 36.7 Å². The van der Waals surface area contributed by atoms with Crippen LogP contribution in [0, 0.1) is 6.92 Å². The van der Waals surface area contributed by atoms with Gasteiger partial charge in [0.1, 0.15) is 12.0 Å². The second-order valence-corrected chi connectivity index (χ2v) is 6.22. The Morgan fingerprint density at radius 1 is 1.28 bits per heavy atom. The smallest absolute Gasteiger partial charge is 0.226 e. The van der Waals surface area contributed by atoms with Gasteiger partial charge < -0.3 is 19.8 Å². The van der Waals surface area contributed by atoms with Gasteiger partial charge in [-0.15, -0.1) is 0 Å². The normalized spacial score (nSPS) is 17.7. The summed E-state index contributed by atoms with van der Waals surface area (Å²) < 4.78 is 11.2. The van der Waals surface area contributed by atoms with Crippen LogP contribution in [0.3, 0.4) is 0 Å². The molecule has 1 aromatic heterocycles. The molecule has 0 radical (unpaired) electrons. The standard InChI is InChI=1S/C19H26N4O2/c1-3-20-19(22-12-17-5-4-10-24-17)21-11-16-13-25-18(23-16)15-8-6-14(2)7-9-15/h6-9,13,17H,3-5,10-12H2,1-2H3,(H2,20,21,22). The van der Waals surface area contributed by atoms with Crippen LogP contribution in [0.4, 0.5) is 0 Å². The molecule has 2 heterocycles. The number of oxazole rings is 1. The van der Waals surface area contributed by atoms with Crippen LogP contribution in [0.25, 0.3) is 11.5 Å². The summed E-state index contributed by atoms with van der Waals surface area (Å²) in [5.41, 5.74) is 3.00. The highest BCUT2D eigenvalue weighted by atomic mass is 16.5. The highest BCUT2D eigenvalue weighted by molar-refractivity contribution is 5.79. The van der Waals surface area contributed by atoms with Gasteiger partial charge in [0.2, 0.25) is 5.89 Å². The average Bonchev–Trinajstić information content (AvgIpc) is 3.30. The molecule has 3 rings (SSSR count). The molecule has 0 saturated carbocycles. The molecule has 25 heavy (non-hydrogen) atoms. The van der Waals surface area contributed by atoms with Crippen molar-refractivity contribution in [3.8, 4) is 11.5 Å². The second-order valence-electron chi connectivity index (χ2n) is 6.22. The Kier molecular flexibility index (Phi) is 6.06. The van der Waals surface area contributed by atoms with Crippen molar-refractivity contribution in [1.29, 1.82) is 0 Å². The Bertz CT molecular complexity index is 688. The van der Waals surface area contributed by atoms with Gasteiger partial charge in [-0.25, -0.2) is 9.98 Å². The third kappa shape index (κ3) is 5.06. The monoisotopic (exact) mass is 342 g/mol. The lowest BCUT2D eigenvalue weighted by Crippen LogP contribution is -2.41. The molecule has 1 saturated heterocycles. The molecule has 1 unspecified atom stereocenters. The maximum atomic E-state index is 5.63. The SMILES string of the molecule is CCNC(=NCc1coc(-c2ccc(C)cc2)n1)NCC1CCCO1. The third-order valence-electron chi connectivity index (χ3n) is 4.11. The van der Waals surface area contributed by atoms with Gasteiger partial charge in [-0.2, -0.15) is 0 Å². The van der Waals surface area contributed by atoms with Crippen LogP contribution in [0.2, 0.25) is 0 Å². The zero-order valence-electron chi connectivity index (χ0n) is 14.9. The van der Waals surface area contributed by atoms with E-state index < -0.39 is 0 Å². The van der Waals surface area contributed by atoms with E-state index >= 15 is 0 Å². The van der Waals surface area contributed by atoms with Gasteiger partial charge in [-0.05, 0) is 38.8 Å². The molecule has 0 aliphatic carbocycles. The molecule has 2 aromatic rings. The molecule has 1 fully saturated rings. The quantitative estimate of drug-likeness (QED) is 0.624. The van der Waals surface area contributed by atoms with Gasteiger partial charge in [0.15, 0.2) is 5.96 Å². The molecule has 1 atom stereocenters. The van der Waals surface area contributed by atoms with E-state index in [4.69, 9.17) is 9.15 Å². The number of aliphatic imine (C=N–C) groups is 1. The molecule has 0 spiro atoms. The lowest BCUT2D eigenvalue weighted by Gasteiger charge is -2.14. The highest BCUT2D eigenvalue weighted by Crippen LogP contribution is 2.19. The van der Waals surface area contributed by atoms with Crippen molar-refractivity contribution in [1.82, 2.24) is 15.6 Å². The first-order valence-electron chi connectivity index (χ1n) is 8.90. The van der Waals surface area contributed by atoms with Crippen molar-refractivity contribution >= 4 is 5.96 Å². The van der Waals surface area contributed by atoms with Crippen molar-refractivity contribution in [2.75, 3.05) is 19.7 Å². The minimum absolute atomic E-state index is 0.282. The summed E-state index contributed by atoms with van der Waals surface area (Å²) in [5.74, 6) is 1.40. The molecule has 6 nitrogen and oxygen atoms in total. The predicted molar refractivity (Wildman–Crippen MR) is 98.5 cm³/mol. The van der Waals surface area contributed by atoms with Gasteiger partial charge >= 0.3 is 0 Å². The number of rotatable bonds is 6. The van der Waals surface area contributed by atoms with Gasteiger partial charge in [0.25, 0.3) is 0 Å². The molecule has 0 amide bonds. The number of benzene rings is 1. The number of aromatic nitrogens is 1. The van der Waals surface area contributed by atoms with E-state index in [1.165, 1.54) is 5.56 Å². The summed E-state index contributed by atoms with van der Waals surface area (Å²) >= 11 is 0. The van der Waals surface area contributed by atoms with Crippen LogP contribution in [0.5, 0.6) is 0 Å². The third-order valence-corrected chi connectivity index (χ3v) is 4.11. The zero-order valence-corrected chi connectivity index (χ0v) is 14.9. The van der Waals surface area contributed by atoms with Crippen molar-refractivity contribution in [3.05, 3.63) is 41.8 Å². The lowest BCUT2D eigenvalue weighted by atomic mass is 10.1. The van der Waals surface area contributed by atoms with E-state index in [1.54, 1.807) is 6.26 Å². The Morgan fingerprint density at radius 3 is 2.84 bits per heavy atom. The van der Waals surface area contributed by atoms with Crippen LogP contribution in [0.15, 0.2) is 39.9 Å². The van der Waals surface area contributed by atoms with E-state index in [1.807, 2.05) is 12.1 Å².